The van der Waals surface area contributed by atoms with Crippen molar-refractivity contribution in [3.05, 3.63) is 35.9 Å². The number of carbonyl (C=O) groups is 1. The van der Waals surface area contributed by atoms with Crippen LogP contribution in [0.1, 0.15) is 37.7 Å². The first-order valence-corrected chi connectivity index (χ1v) is 10.6. The summed E-state index contributed by atoms with van der Waals surface area (Å²) < 4.78 is 63.3. The first-order chi connectivity index (χ1) is 12.7. The number of rotatable bonds is 6. The lowest BCUT2D eigenvalue weighted by Gasteiger charge is -2.45. The molecule has 1 saturated carbocycles. The molecule has 0 unspecified atom stereocenters. The van der Waals surface area contributed by atoms with Gasteiger partial charge in [0.05, 0.1) is 0 Å². The number of sulfonamides is 1. The Kier molecular flexibility index (Phi) is 5.81. The Labute approximate surface area is 157 Å². The van der Waals surface area contributed by atoms with Crippen molar-refractivity contribution in [2.24, 2.45) is 5.92 Å². The van der Waals surface area contributed by atoms with Crippen LogP contribution in [-0.4, -0.2) is 43.4 Å². The Bertz CT molecular complexity index is 760. The van der Waals surface area contributed by atoms with E-state index in [1.807, 2.05) is 0 Å². The maximum absolute atomic E-state index is 12.8. The molecule has 9 heteroatoms. The molecule has 3 fully saturated rings. The SMILES string of the molecule is O=C(C[C@@H](Cc1ccccc1)NS(=O)(=O)C(F)(F)F)N1CC2CCC1CC2. The fourth-order valence-electron chi connectivity index (χ4n) is 4.04. The van der Waals surface area contributed by atoms with Crippen molar-refractivity contribution in [3.63, 3.8) is 0 Å². The summed E-state index contributed by atoms with van der Waals surface area (Å²) in [5.74, 6) is 0.161. The number of carbonyl (C=O) groups excluding carboxylic acids is 1. The Morgan fingerprint density at radius 2 is 1.78 bits per heavy atom. The number of nitrogens with zero attached hydrogens (tertiary/aromatic N) is 1. The zero-order chi connectivity index (χ0) is 19.7. The van der Waals surface area contributed by atoms with Crippen LogP contribution in [-0.2, 0) is 21.2 Å². The molecule has 1 atom stereocenters. The summed E-state index contributed by atoms with van der Waals surface area (Å²) >= 11 is 0. The van der Waals surface area contributed by atoms with Crippen molar-refractivity contribution >= 4 is 15.9 Å². The molecule has 5 nitrogen and oxygen atoms in total. The first-order valence-electron chi connectivity index (χ1n) is 9.07. The number of piperidine rings is 2. The van der Waals surface area contributed by atoms with Crippen LogP contribution in [0, 0.1) is 5.92 Å². The molecule has 0 spiro atoms. The predicted octanol–water partition coefficient (Wildman–Crippen LogP) is 2.83. The molecule has 4 rings (SSSR count). The highest BCUT2D eigenvalue weighted by atomic mass is 32.2. The minimum atomic E-state index is -5.52. The van der Waals surface area contributed by atoms with Crippen molar-refractivity contribution in [1.82, 2.24) is 9.62 Å². The highest BCUT2D eigenvalue weighted by molar-refractivity contribution is 7.90. The molecular formula is C18H23F3N2O3S. The molecule has 3 aliphatic rings. The summed E-state index contributed by atoms with van der Waals surface area (Å²) in [5, 5.41) is 0. The normalized spacial score (nSPS) is 24.0. The van der Waals surface area contributed by atoms with Gasteiger partial charge in [-0.2, -0.15) is 13.2 Å². The van der Waals surface area contributed by atoms with E-state index < -0.39 is 21.6 Å². The van der Waals surface area contributed by atoms with Crippen molar-refractivity contribution < 1.29 is 26.4 Å². The summed E-state index contributed by atoms with van der Waals surface area (Å²) in [4.78, 5) is 14.5. The van der Waals surface area contributed by atoms with Gasteiger partial charge >= 0.3 is 15.5 Å². The molecule has 150 valence electrons. The van der Waals surface area contributed by atoms with Crippen molar-refractivity contribution in [1.29, 1.82) is 0 Å². The molecule has 1 aliphatic carbocycles. The van der Waals surface area contributed by atoms with Gasteiger partial charge in [-0.15, -0.1) is 0 Å². The second kappa shape index (κ2) is 7.79. The number of hydrogen-bond donors (Lipinski definition) is 1. The lowest BCUT2D eigenvalue weighted by atomic mass is 9.79. The van der Waals surface area contributed by atoms with Gasteiger partial charge in [0, 0.05) is 25.0 Å². The summed E-state index contributed by atoms with van der Waals surface area (Å²) in [5.41, 5.74) is -4.74. The van der Waals surface area contributed by atoms with E-state index >= 15 is 0 Å². The fraction of sp³-hybridized carbons (Fsp3) is 0.611. The highest BCUT2D eigenvalue weighted by Crippen LogP contribution is 2.35. The molecule has 2 bridgehead atoms. The number of fused-ring (bicyclic) bond motifs is 3. The summed E-state index contributed by atoms with van der Waals surface area (Å²) in [7, 11) is -5.52. The second-order valence-corrected chi connectivity index (χ2v) is 9.08. The van der Waals surface area contributed by atoms with Crippen LogP contribution in [0.2, 0.25) is 0 Å². The van der Waals surface area contributed by atoms with Crippen LogP contribution in [0.5, 0.6) is 0 Å². The van der Waals surface area contributed by atoms with Gasteiger partial charge in [0.15, 0.2) is 0 Å². The molecule has 0 radical (unpaired) electrons. The van der Waals surface area contributed by atoms with Crippen molar-refractivity contribution in [3.8, 4) is 0 Å². The third-order valence-corrected chi connectivity index (χ3v) is 6.66. The smallest absolute Gasteiger partial charge is 0.339 e. The van der Waals surface area contributed by atoms with Crippen LogP contribution in [0.3, 0.4) is 0 Å². The largest absolute Gasteiger partial charge is 0.511 e. The number of alkyl halides is 3. The van der Waals surface area contributed by atoms with Crippen LogP contribution < -0.4 is 4.72 Å². The quantitative estimate of drug-likeness (QED) is 0.793. The maximum atomic E-state index is 12.8. The van der Waals surface area contributed by atoms with E-state index in [4.69, 9.17) is 0 Å². The highest BCUT2D eigenvalue weighted by Gasteiger charge is 2.47. The standard InChI is InChI=1S/C18H23F3N2O3S/c19-18(20,21)27(25,26)22-15(10-13-4-2-1-3-5-13)11-17(24)23-12-14-6-8-16(23)9-7-14/h1-5,14-16,22H,6-12H2/t14?,15-,16?/m1/s1. The van der Waals surface area contributed by atoms with Crippen LogP contribution in [0.4, 0.5) is 13.2 Å². The van der Waals surface area contributed by atoms with E-state index in [2.05, 4.69) is 0 Å². The van der Waals surface area contributed by atoms with Gasteiger partial charge in [0.25, 0.3) is 0 Å². The Morgan fingerprint density at radius 1 is 1.15 bits per heavy atom. The van der Waals surface area contributed by atoms with Crippen molar-refractivity contribution in [2.45, 2.75) is 56.1 Å². The Hall–Kier alpha value is -1.61. The lowest BCUT2D eigenvalue weighted by Crippen LogP contribution is -2.53. The van der Waals surface area contributed by atoms with Gasteiger partial charge in [-0.1, -0.05) is 30.3 Å². The van der Waals surface area contributed by atoms with E-state index in [0.717, 1.165) is 25.7 Å². The number of amides is 1. The summed E-state index contributed by atoms with van der Waals surface area (Å²) in [6, 6.07) is 7.57. The molecule has 2 heterocycles. The van der Waals surface area contributed by atoms with E-state index in [0.29, 0.717) is 18.0 Å². The van der Waals surface area contributed by atoms with E-state index in [1.54, 1.807) is 40.0 Å². The fourth-order valence-corrected chi connectivity index (χ4v) is 4.78. The monoisotopic (exact) mass is 404 g/mol. The average Bonchev–Trinajstić information content (AvgIpc) is 2.62. The van der Waals surface area contributed by atoms with E-state index in [9.17, 15) is 26.4 Å². The zero-order valence-corrected chi connectivity index (χ0v) is 15.6. The van der Waals surface area contributed by atoms with Gasteiger partial charge in [-0.25, -0.2) is 13.1 Å². The molecule has 2 aliphatic heterocycles. The lowest BCUT2D eigenvalue weighted by molar-refractivity contribution is -0.139. The second-order valence-electron chi connectivity index (χ2n) is 7.38. The number of nitrogens with one attached hydrogen (secondary N) is 1. The Morgan fingerprint density at radius 3 is 2.30 bits per heavy atom. The maximum Gasteiger partial charge on any atom is 0.511 e. The van der Waals surface area contributed by atoms with Crippen LogP contribution in [0.25, 0.3) is 0 Å². The van der Waals surface area contributed by atoms with Gasteiger partial charge in [-0.05, 0) is 43.6 Å². The summed E-state index contributed by atoms with van der Waals surface area (Å²) in [6.45, 7) is 0.619. The third kappa shape index (κ3) is 4.82. The number of halogens is 3. The molecule has 1 aromatic carbocycles. The van der Waals surface area contributed by atoms with Gasteiger partial charge in [0.1, 0.15) is 0 Å². The summed E-state index contributed by atoms with van der Waals surface area (Å²) in [6.07, 6.45) is 3.70. The zero-order valence-electron chi connectivity index (χ0n) is 14.8. The van der Waals surface area contributed by atoms with Crippen LogP contribution in [0.15, 0.2) is 30.3 Å². The van der Waals surface area contributed by atoms with E-state index in [1.165, 1.54) is 0 Å². The molecule has 1 amide bonds. The first kappa shape index (κ1) is 20.1. The molecular weight excluding hydrogens is 381 g/mol. The van der Waals surface area contributed by atoms with Gasteiger partial charge in [0.2, 0.25) is 5.91 Å². The van der Waals surface area contributed by atoms with Gasteiger partial charge < -0.3 is 4.90 Å². The third-order valence-electron chi connectivity index (χ3n) is 5.40. The number of hydrogen-bond acceptors (Lipinski definition) is 3. The molecule has 1 aromatic rings. The van der Waals surface area contributed by atoms with Crippen LogP contribution >= 0.6 is 0 Å². The molecule has 1 N–H and O–H groups in total. The predicted molar refractivity (Wildman–Crippen MR) is 94.1 cm³/mol. The van der Waals surface area contributed by atoms with E-state index in [-0.39, 0.29) is 24.8 Å². The number of benzene rings is 1. The van der Waals surface area contributed by atoms with Crippen molar-refractivity contribution in [2.75, 3.05) is 6.54 Å². The minimum Gasteiger partial charge on any atom is -0.339 e. The molecule has 27 heavy (non-hydrogen) atoms. The topological polar surface area (TPSA) is 66.5 Å². The Balaban J connectivity index is 1.74. The minimum absolute atomic E-state index is 0.0177. The van der Waals surface area contributed by atoms with Gasteiger partial charge in [-0.3, -0.25) is 4.79 Å². The average molecular weight is 404 g/mol. The molecule has 0 aromatic heterocycles. The molecule has 2 saturated heterocycles.